The molecule has 0 spiro atoms. The van der Waals surface area contributed by atoms with E-state index < -0.39 is 0 Å². The van der Waals surface area contributed by atoms with Gasteiger partial charge in [-0.2, -0.15) is 0 Å². The minimum atomic E-state index is -0.346. The summed E-state index contributed by atoms with van der Waals surface area (Å²) in [6.45, 7) is 8.13. The molecule has 0 aliphatic heterocycles. The molecule has 0 radical (unpaired) electrons. The average molecular weight is 383 g/mol. The molecule has 0 aliphatic rings. The van der Waals surface area contributed by atoms with Gasteiger partial charge in [0.05, 0.1) is 11.3 Å². The van der Waals surface area contributed by atoms with Crippen molar-refractivity contribution in [1.29, 1.82) is 0 Å². The van der Waals surface area contributed by atoms with Crippen molar-refractivity contribution in [3.63, 3.8) is 0 Å². The second-order valence-corrected chi connectivity index (χ2v) is 7.62. The number of halogens is 1. The van der Waals surface area contributed by atoms with E-state index in [2.05, 4.69) is 17.1 Å². The fourth-order valence-electron chi connectivity index (χ4n) is 3.03. The van der Waals surface area contributed by atoms with Crippen LogP contribution >= 0.6 is 11.8 Å². The summed E-state index contributed by atoms with van der Waals surface area (Å²) in [6, 6.07) is 8.42. The Balaban J connectivity index is 1.81. The molecule has 4 nitrogen and oxygen atoms in total. The molecule has 3 aromatic rings. The molecule has 1 aromatic heterocycles. The van der Waals surface area contributed by atoms with Gasteiger partial charge in [-0.15, -0.1) is 10.2 Å². The minimum Gasteiger partial charge on any atom is -0.305 e. The Morgan fingerprint density at radius 1 is 1.07 bits per heavy atom. The number of nitrogens with zero attached hydrogens (tertiary/aromatic N) is 3. The van der Waals surface area contributed by atoms with Crippen LogP contribution in [0.3, 0.4) is 0 Å². The Kier molecular flexibility index (Phi) is 5.46. The molecule has 140 valence electrons. The minimum absolute atomic E-state index is 0.0548. The number of aromatic nitrogens is 3. The number of ketones is 1. The molecule has 6 heteroatoms. The molecular weight excluding hydrogens is 361 g/mol. The fraction of sp³-hybridized carbons (Fsp3) is 0.286. The molecule has 0 fully saturated rings. The summed E-state index contributed by atoms with van der Waals surface area (Å²) in [5, 5.41) is 8.81. The summed E-state index contributed by atoms with van der Waals surface area (Å²) in [6.07, 6.45) is 0. The van der Waals surface area contributed by atoms with E-state index in [-0.39, 0.29) is 17.4 Å². The van der Waals surface area contributed by atoms with Crippen molar-refractivity contribution in [1.82, 2.24) is 14.8 Å². The zero-order chi connectivity index (χ0) is 19.7. The SMILES string of the molecule is Cc1cc(C(=O)CSc2nnc(-c3ccccc3F)n2C)c(C)c(C)c1C. The summed E-state index contributed by atoms with van der Waals surface area (Å²) >= 11 is 1.31. The van der Waals surface area contributed by atoms with Crippen LogP contribution in [0.15, 0.2) is 35.5 Å². The summed E-state index contributed by atoms with van der Waals surface area (Å²) in [4.78, 5) is 12.8. The summed E-state index contributed by atoms with van der Waals surface area (Å²) in [5.74, 6) is 0.411. The molecule has 27 heavy (non-hydrogen) atoms. The first-order valence-corrected chi connectivity index (χ1v) is 9.67. The van der Waals surface area contributed by atoms with Crippen molar-refractivity contribution >= 4 is 17.5 Å². The lowest BCUT2D eigenvalue weighted by atomic mass is 9.93. The summed E-state index contributed by atoms with van der Waals surface area (Å²) < 4.78 is 15.7. The monoisotopic (exact) mass is 383 g/mol. The summed E-state index contributed by atoms with van der Waals surface area (Å²) in [5.41, 5.74) is 5.66. The van der Waals surface area contributed by atoms with E-state index in [1.54, 1.807) is 29.8 Å². The third-order valence-corrected chi connectivity index (χ3v) is 6.08. The number of hydrogen-bond donors (Lipinski definition) is 0. The highest BCUT2D eigenvalue weighted by Crippen LogP contribution is 2.27. The van der Waals surface area contributed by atoms with Crippen LogP contribution in [0.25, 0.3) is 11.4 Å². The zero-order valence-corrected chi connectivity index (χ0v) is 16.9. The lowest BCUT2D eigenvalue weighted by Gasteiger charge is -2.13. The maximum atomic E-state index is 14.0. The number of carbonyl (C=O) groups excluding carboxylic acids is 1. The van der Waals surface area contributed by atoms with E-state index >= 15 is 0 Å². The summed E-state index contributed by atoms with van der Waals surface area (Å²) in [7, 11) is 1.78. The lowest BCUT2D eigenvalue weighted by Crippen LogP contribution is -2.09. The van der Waals surface area contributed by atoms with Gasteiger partial charge in [0.25, 0.3) is 0 Å². The molecule has 0 amide bonds. The van der Waals surface area contributed by atoms with Gasteiger partial charge in [-0.1, -0.05) is 23.9 Å². The molecule has 0 saturated heterocycles. The number of benzene rings is 2. The third-order valence-electron chi connectivity index (χ3n) is 5.06. The Morgan fingerprint density at radius 3 is 2.48 bits per heavy atom. The van der Waals surface area contributed by atoms with E-state index in [4.69, 9.17) is 0 Å². The first kappa shape index (κ1) is 19.3. The van der Waals surface area contributed by atoms with Gasteiger partial charge < -0.3 is 4.57 Å². The van der Waals surface area contributed by atoms with Gasteiger partial charge in [0.15, 0.2) is 16.8 Å². The fourth-order valence-corrected chi connectivity index (χ4v) is 3.82. The van der Waals surface area contributed by atoms with Crippen molar-refractivity contribution in [2.75, 3.05) is 5.75 Å². The molecule has 0 bridgehead atoms. The molecule has 0 atom stereocenters. The second-order valence-electron chi connectivity index (χ2n) is 6.67. The predicted octanol–water partition coefficient (Wildman–Crippen LogP) is 4.83. The van der Waals surface area contributed by atoms with Gasteiger partial charge in [-0.05, 0) is 68.1 Å². The first-order chi connectivity index (χ1) is 12.8. The topological polar surface area (TPSA) is 47.8 Å². The van der Waals surface area contributed by atoms with E-state index in [9.17, 15) is 9.18 Å². The maximum absolute atomic E-state index is 14.0. The zero-order valence-electron chi connectivity index (χ0n) is 16.1. The number of thioether (sulfide) groups is 1. The van der Waals surface area contributed by atoms with Crippen LogP contribution in [-0.4, -0.2) is 26.3 Å². The standard InChI is InChI=1S/C21H22FN3OS/c1-12-10-17(15(4)14(3)13(12)2)19(26)11-27-21-24-23-20(25(21)5)16-8-6-7-9-18(16)22/h6-10H,11H2,1-5H3. The molecule has 3 rings (SSSR count). The van der Waals surface area contributed by atoms with Gasteiger partial charge >= 0.3 is 0 Å². The Labute approximate surface area is 162 Å². The number of hydrogen-bond acceptors (Lipinski definition) is 4. The maximum Gasteiger partial charge on any atom is 0.191 e. The van der Waals surface area contributed by atoms with Gasteiger partial charge in [-0.25, -0.2) is 4.39 Å². The van der Waals surface area contributed by atoms with Crippen molar-refractivity contribution in [2.45, 2.75) is 32.9 Å². The van der Waals surface area contributed by atoms with Crippen LogP contribution in [0, 0.1) is 33.5 Å². The van der Waals surface area contributed by atoms with E-state index in [1.165, 1.54) is 23.4 Å². The van der Waals surface area contributed by atoms with Crippen LogP contribution in [0.2, 0.25) is 0 Å². The van der Waals surface area contributed by atoms with Gasteiger partial charge in [0.1, 0.15) is 5.82 Å². The predicted molar refractivity (Wildman–Crippen MR) is 107 cm³/mol. The van der Waals surface area contributed by atoms with Crippen molar-refractivity contribution < 1.29 is 9.18 Å². The van der Waals surface area contributed by atoms with Crippen molar-refractivity contribution in [2.24, 2.45) is 7.05 Å². The van der Waals surface area contributed by atoms with Crippen LogP contribution in [0.5, 0.6) is 0 Å². The molecular formula is C21H22FN3OS. The first-order valence-electron chi connectivity index (χ1n) is 8.69. The number of rotatable bonds is 5. The van der Waals surface area contributed by atoms with Crippen LogP contribution < -0.4 is 0 Å². The van der Waals surface area contributed by atoms with E-state index in [0.29, 0.717) is 16.5 Å². The van der Waals surface area contributed by atoms with Gasteiger partial charge in [0.2, 0.25) is 0 Å². The number of carbonyl (C=O) groups is 1. The molecule has 0 N–H and O–H groups in total. The molecule has 0 aliphatic carbocycles. The van der Waals surface area contributed by atoms with E-state index in [1.807, 2.05) is 26.8 Å². The van der Waals surface area contributed by atoms with Crippen LogP contribution in [0.1, 0.15) is 32.6 Å². The molecule has 1 heterocycles. The Bertz CT molecular complexity index is 1030. The van der Waals surface area contributed by atoms with Crippen molar-refractivity contribution in [3.05, 3.63) is 64.0 Å². The largest absolute Gasteiger partial charge is 0.305 e. The van der Waals surface area contributed by atoms with Gasteiger partial charge in [-0.3, -0.25) is 4.79 Å². The highest BCUT2D eigenvalue weighted by atomic mass is 32.2. The van der Waals surface area contributed by atoms with Crippen molar-refractivity contribution in [3.8, 4) is 11.4 Å². The van der Waals surface area contributed by atoms with Gasteiger partial charge in [0, 0.05) is 12.6 Å². The van der Waals surface area contributed by atoms with Crippen LogP contribution in [-0.2, 0) is 7.05 Å². The lowest BCUT2D eigenvalue weighted by molar-refractivity contribution is 0.102. The molecule has 2 aromatic carbocycles. The Morgan fingerprint density at radius 2 is 1.78 bits per heavy atom. The number of aryl methyl sites for hydroxylation is 1. The highest BCUT2D eigenvalue weighted by molar-refractivity contribution is 7.99. The molecule has 0 saturated carbocycles. The number of Topliss-reactive ketones (excluding diaryl/α,β-unsaturated/α-hetero) is 1. The third kappa shape index (κ3) is 3.67. The van der Waals surface area contributed by atoms with E-state index in [0.717, 1.165) is 22.3 Å². The Hall–Kier alpha value is -2.47. The normalized spacial score (nSPS) is 11.0. The highest BCUT2D eigenvalue weighted by Gasteiger charge is 2.18. The average Bonchev–Trinajstić information content (AvgIpc) is 3.01. The molecule has 0 unspecified atom stereocenters. The smallest absolute Gasteiger partial charge is 0.191 e. The van der Waals surface area contributed by atoms with Crippen LogP contribution in [0.4, 0.5) is 4.39 Å². The second kappa shape index (κ2) is 7.64. The quantitative estimate of drug-likeness (QED) is 0.468.